The van der Waals surface area contributed by atoms with E-state index in [9.17, 15) is 8.42 Å². The Balaban J connectivity index is 1.65. The summed E-state index contributed by atoms with van der Waals surface area (Å²) in [5.41, 5.74) is 3.52. The molecule has 0 spiro atoms. The molecule has 0 bridgehead atoms. The summed E-state index contributed by atoms with van der Waals surface area (Å²) in [4.78, 5) is 4.80. The van der Waals surface area contributed by atoms with E-state index in [0.29, 0.717) is 6.54 Å². The van der Waals surface area contributed by atoms with Crippen molar-refractivity contribution in [1.29, 1.82) is 0 Å². The fraction of sp³-hybridized carbons (Fsp3) is 0.533. The second-order valence-corrected chi connectivity index (χ2v) is 7.70. The molecular formula is C15H24N4O3S2. The van der Waals surface area contributed by atoms with Crippen LogP contribution in [0.1, 0.15) is 12.0 Å². The highest BCUT2D eigenvalue weighted by Gasteiger charge is 2.13. The third kappa shape index (κ3) is 6.33. The van der Waals surface area contributed by atoms with Crippen molar-refractivity contribution in [2.24, 2.45) is 0 Å². The van der Waals surface area contributed by atoms with Gasteiger partial charge in [-0.2, -0.15) is 0 Å². The van der Waals surface area contributed by atoms with Crippen molar-refractivity contribution in [3.8, 4) is 0 Å². The highest BCUT2D eigenvalue weighted by Crippen LogP contribution is 2.08. The van der Waals surface area contributed by atoms with Crippen LogP contribution in [0.3, 0.4) is 0 Å². The van der Waals surface area contributed by atoms with Gasteiger partial charge in [0.25, 0.3) is 10.0 Å². The van der Waals surface area contributed by atoms with Gasteiger partial charge in [0.1, 0.15) is 0 Å². The maximum Gasteiger partial charge on any atom is 0.257 e. The predicted molar refractivity (Wildman–Crippen MR) is 97.1 cm³/mol. The molecule has 0 atom stereocenters. The van der Waals surface area contributed by atoms with Gasteiger partial charge in [0.05, 0.1) is 18.1 Å². The Morgan fingerprint density at radius 1 is 1.25 bits per heavy atom. The summed E-state index contributed by atoms with van der Waals surface area (Å²) < 4.78 is 29.5. The summed E-state index contributed by atoms with van der Waals surface area (Å²) in [6, 6.07) is 6.60. The number of hydrogen-bond donors (Lipinski definition) is 3. The number of benzene rings is 1. The lowest BCUT2D eigenvalue weighted by Crippen LogP contribution is -2.47. The van der Waals surface area contributed by atoms with Crippen LogP contribution in [0, 0.1) is 6.92 Å². The van der Waals surface area contributed by atoms with Crippen LogP contribution in [-0.2, 0) is 14.8 Å². The van der Waals surface area contributed by atoms with Gasteiger partial charge in [-0.15, -0.1) is 4.83 Å². The zero-order valence-electron chi connectivity index (χ0n) is 13.7. The van der Waals surface area contributed by atoms with E-state index in [4.69, 9.17) is 17.0 Å². The van der Waals surface area contributed by atoms with Crippen LogP contribution in [0.2, 0.25) is 0 Å². The van der Waals surface area contributed by atoms with Crippen molar-refractivity contribution >= 4 is 27.4 Å². The Kier molecular flexibility index (Phi) is 7.38. The maximum absolute atomic E-state index is 12.1. The van der Waals surface area contributed by atoms with E-state index in [1.54, 1.807) is 24.3 Å². The third-order valence-corrected chi connectivity index (χ3v) is 5.18. The second-order valence-electron chi connectivity index (χ2n) is 5.61. The molecular weight excluding hydrogens is 348 g/mol. The summed E-state index contributed by atoms with van der Waals surface area (Å²) in [5.74, 6) is 0. The van der Waals surface area contributed by atoms with E-state index in [1.165, 1.54) is 0 Å². The number of nitrogens with one attached hydrogen (secondary N) is 3. The standard InChI is InChI=1S/C15H24N4O3S2/c1-13-3-5-14(6-4-13)24(20,21)18-17-15(23)16-7-2-8-19-9-11-22-12-10-19/h3-6,18H,2,7-12H2,1H3,(H2,16,17,23). The van der Waals surface area contributed by atoms with Gasteiger partial charge in [-0.1, -0.05) is 17.7 Å². The van der Waals surface area contributed by atoms with Crippen LogP contribution < -0.4 is 15.6 Å². The molecule has 3 N–H and O–H groups in total. The molecule has 0 radical (unpaired) electrons. The molecule has 1 saturated heterocycles. The van der Waals surface area contributed by atoms with Gasteiger partial charge in [0.15, 0.2) is 5.11 Å². The van der Waals surface area contributed by atoms with Gasteiger partial charge in [0, 0.05) is 19.6 Å². The minimum absolute atomic E-state index is 0.190. The van der Waals surface area contributed by atoms with Crippen molar-refractivity contribution in [1.82, 2.24) is 20.5 Å². The first-order chi connectivity index (χ1) is 11.5. The molecule has 24 heavy (non-hydrogen) atoms. The van der Waals surface area contributed by atoms with Crippen LogP contribution >= 0.6 is 12.2 Å². The number of hydrogen-bond acceptors (Lipinski definition) is 5. The highest BCUT2D eigenvalue weighted by atomic mass is 32.2. The van der Waals surface area contributed by atoms with E-state index in [2.05, 4.69) is 20.5 Å². The van der Waals surface area contributed by atoms with Gasteiger partial charge >= 0.3 is 0 Å². The monoisotopic (exact) mass is 372 g/mol. The van der Waals surface area contributed by atoms with Crippen LogP contribution in [0.15, 0.2) is 29.2 Å². The first-order valence-corrected chi connectivity index (χ1v) is 9.79. The topological polar surface area (TPSA) is 82.7 Å². The Morgan fingerprint density at radius 3 is 2.58 bits per heavy atom. The number of ether oxygens (including phenoxy) is 1. The quantitative estimate of drug-likeness (QED) is 0.362. The first-order valence-electron chi connectivity index (χ1n) is 7.90. The van der Waals surface area contributed by atoms with E-state index in [-0.39, 0.29) is 10.0 Å². The minimum atomic E-state index is -3.63. The first kappa shape index (κ1) is 19.1. The lowest BCUT2D eigenvalue weighted by molar-refractivity contribution is 0.0376. The lowest BCUT2D eigenvalue weighted by Gasteiger charge is -2.26. The van der Waals surface area contributed by atoms with Crippen molar-refractivity contribution in [3.05, 3.63) is 29.8 Å². The summed E-state index contributed by atoms with van der Waals surface area (Å²) in [6.45, 7) is 7.03. The SMILES string of the molecule is Cc1ccc(S(=O)(=O)NNC(=S)NCCCN2CCOCC2)cc1. The number of rotatable bonds is 7. The summed E-state index contributed by atoms with van der Waals surface area (Å²) in [5, 5.41) is 3.25. The smallest absolute Gasteiger partial charge is 0.257 e. The minimum Gasteiger partial charge on any atom is -0.379 e. The average Bonchev–Trinajstić information content (AvgIpc) is 2.58. The van der Waals surface area contributed by atoms with Gasteiger partial charge in [-0.25, -0.2) is 8.42 Å². The zero-order chi connectivity index (χ0) is 17.4. The van der Waals surface area contributed by atoms with Gasteiger partial charge in [0.2, 0.25) is 0 Å². The Bertz CT molecular complexity index is 629. The highest BCUT2D eigenvalue weighted by molar-refractivity contribution is 7.89. The summed E-state index contributed by atoms with van der Waals surface area (Å²) in [6.07, 6.45) is 0.923. The normalized spacial score (nSPS) is 15.9. The molecule has 9 heteroatoms. The molecule has 1 aliphatic heterocycles. The maximum atomic E-state index is 12.1. The number of sulfonamides is 1. The number of hydrazine groups is 1. The van der Waals surface area contributed by atoms with Crippen LogP contribution in [0.25, 0.3) is 0 Å². The molecule has 1 aromatic carbocycles. The molecule has 1 aromatic rings. The van der Waals surface area contributed by atoms with Gasteiger partial charge < -0.3 is 10.1 Å². The molecule has 0 amide bonds. The zero-order valence-corrected chi connectivity index (χ0v) is 15.4. The molecule has 1 aliphatic rings. The van der Waals surface area contributed by atoms with Gasteiger partial charge in [-0.05, 0) is 44.2 Å². The molecule has 134 valence electrons. The Labute approximate surface area is 148 Å². The fourth-order valence-corrected chi connectivity index (χ4v) is 3.33. The lowest BCUT2D eigenvalue weighted by atomic mass is 10.2. The molecule has 0 saturated carbocycles. The van der Waals surface area contributed by atoms with E-state index >= 15 is 0 Å². The predicted octanol–water partition coefficient (Wildman–Crippen LogP) is 0.375. The number of thiocarbonyl (C=S) groups is 1. The fourth-order valence-electron chi connectivity index (χ4n) is 2.26. The molecule has 1 fully saturated rings. The molecule has 0 aliphatic carbocycles. The third-order valence-electron chi connectivity index (χ3n) is 3.67. The van der Waals surface area contributed by atoms with E-state index in [0.717, 1.165) is 44.8 Å². The van der Waals surface area contributed by atoms with Gasteiger partial charge in [-0.3, -0.25) is 10.3 Å². The number of morpholine rings is 1. The van der Waals surface area contributed by atoms with Crippen molar-refractivity contribution < 1.29 is 13.2 Å². The van der Waals surface area contributed by atoms with Crippen LogP contribution in [0.4, 0.5) is 0 Å². The van der Waals surface area contributed by atoms with Crippen molar-refractivity contribution in [3.63, 3.8) is 0 Å². The molecule has 2 rings (SSSR count). The van der Waals surface area contributed by atoms with Crippen LogP contribution in [0.5, 0.6) is 0 Å². The summed E-state index contributed by atoms with van der Waals surface area (Å²) >= 11 is 5.08. The molecule has 7 nitrogen and oxygen atoms in total. The molecule has 0 aromatic heterocycles. The molecule has 1 heterocycles. The Morgan fingerprint density at radius 2 is 1.92 bits per heavy atom. The van der Waals surface area contributed by atoms with Crippen LogP contribution in [-0.4, -0.2) is 57.8 Å². The van der Waals surface area contributed by atoms with Crippen molar-refractivity contribution in [2.75, 3.05) is 39.4 Å². The van der Waals surface area contributed by atoms with Crippen molar-refractivity contribution in [2.45, 2.75) is 18.2 Å². The van der Waals surface area contributed by atoms with E-state index < -0.39 is 10.0 Å². The number of nitrogens with zero attached hydrogens (tertiary/aromatic N) is 1. The molecule has 0 unspecified atom stereocenters. The second kappa shape index (κ2) is 9.28. The average molecular weight is 373 g/mol. The summed E-state index contributed by atoms with van der Waals surface area (Å²) in [7, 11) is -3.63. The largest absolute Gasteiger partial charge is 0.379 e. The number of aryl methyl sites for hydroxylation is 1. The Hall–Kier alpha value is -1.26. The van der Waals surface area contributed by atoms with E-state index in [1.807, 2.05) is 6.92 Å².